The molecule has 2 bridgehead atoms. The van der Waals surface area contributed by atoms with Crippen molar-refractivity contribution in [2.75, 3.05) is 4.90 Å². The molecular weight excluding hydrogens is 747 g/mol. The summed E-state index contributed by atoms with van der Waals surface area (Å²) in [5, 5.41) is 0. The molecule has 3 unspecified atom stereocenters. The summed E-state index contributed by atoms with van der Waals surface area (Å²) < 4.78 is 0. The molecule has 13 rings (SSSR count). The molecule has 2 saturated carbocycles. The minimum atomic E-state index is -0.119. The minimum Gasteiger partial charge on any atom is -0.310 e. The van der Waals surface area contributed by atoms with Crippen LogP contribution in [-0.2, 0) is 16.2 Å². The molecule has 0 aromatic heterocycles. The molecule has 0 amide bonds. The van der Waals surface area contributed by atoms with Crippen molar-refractivity contribution in [3.8, 4) is 55.6 Å². The average Bonchev–Trinajstić information content (AvgIpc) is 4.10. The summed E-state index contributed by atoms with van der Waals surface area (Å²) in [5.74, 6) is 1.56. The van der Waals surface area contributed by atoms with Crippen LogP contribution >= 0.6 is 0 Å². The Balaban J connectivity index is 1.04. The monoisotopic (exact) mass is 797 g/mol. The number of fused-ring (bicyclic) bond motifs is 14. The molecule has 0 heterocycles. The summed E-state index contributed by atoms with van der Waals surface area (Å²) in [6.07, 6.45) is 5.39. The molecular formula is C61H51N. The SMILES string of the molecule is CC1(C)c2ccccc2-c2c(-c3ccccc3N(c3cccc(-c4cccc5c4C(C)(C)c4ccccc4-5)c3)c3ccc4c(c3)-c3ccccc3C43CC4CCC3C4)cccc21. The van der Waals surface area contributed by atoms with Crippen LogP contribution in [0.4, 0.5) is 17.1 Å². The second kappa shape index (κ2) is 12.8. The van der Waals surface area contributed by atoms with E-state index >= 15 is 0 Å². The Labute approximate surface area is 366 Å². The predicted octanol–water partition coefficient (Wildman–Crippen LogP) is 16.2. The van der Waals surface area contributed by atoms with Gasteiger partial charge in [0.15, 0.2) is 0 Å². The third-order valence-corrected chi connectivity index (χ3v) is 16.3. The second-order valence-electron chi connectivity index (χ2n) is 20.0. The average molecular weight is 798 g/mol. The Kier molecular flexibility index (Phi) is 7.48. The highest BCUT2D eigenvalue weighted by atomic mass is 15.1. The summed E-state index contributed by atoms with van der Waals surface area (Å²) in [6.45, 7) is 9.57. The Bertz CT molecular complexity index is 3180. The number of anilines is 3. The number of rotatable bonds is 5. The van der Waals surface area contributed by atoms with Gasteiger partial charge in [0, 0.05) is 33.2 Å². The molecule has 2 fully saturated rings. The second-order valence-corrected chi connectivity index (χ2v) is 20.0. The van der Waals surface area contributed by atoms with Crippen molar-refractivity contribution in [3.05, 3.63) is 209 Å². The number of benzene rings is 8. The van der Waals surface area contributed by atoms with Crippen LogP contribution < -0.4 is 4.90 Å². The van der Waals surface area contributed by atoms with E-state index in [0.717, 1.165) is 17.5 Å². The normalized spacial score (nSPS) is 21.0. The van der Waals surface area contributed by atoms with Gasteiger partial charge in [-0.3, -0.25) is 0 Å². The summed E-state index contributed by atoms with van der Waals surface area (Å²) in [7, 11) is 0. The fourth-order valence-electron chi connectivity index (χ4n) is 13.7. The molecule has 1 nitrogen and oxygen atoms in total. The van der Waals surface area contributed by atoms with E-state index in [1.807, 2.05) is 0 Å². The van der Waals surface area contributed by atoms with E-state index < -0.39 is 0 Å². The molecule has 8 aromatic rings. The standard InChI is InChI=1S/C61H51N/c1-59(2)52-26-10-7-21-49(52)57-47(23-15-28-55(57)59)46-20-8-12-29-56(46)62(42-32-33-54-50(36-42)45-19-6-11-27-53(45)61(54)37-38-30-31-40(61)34-38)41-17-13-16-39(35-41)43-22-14-24-48-44-18-5-9-25-51(44)60(3,4)58(43)48/h5-29,32-33,35-36,38,40H,30-31,34,37H2,1-4H3. The van der Waals surface area contributed by atoms with Gasteiger partial charge in [0.25, 0.3) is 0 Å². The molecule has 0 radical (unpaired) electrons. The largest absolute Gasteiger partial charge is 0.310 e. The lowest BCUT2D eigenvalue weighted by Gasteiger charge is -2.36. The summed E-state index contributed by atoms with van der Waals surface area (Å²) >= 11 is 0. The molecule has 1 spiro atoms. The van der Waals surface area contributed by atoms with Gasteiger partial charge in [-0.05, 0) is 145 Å². The summed E-state index contributed by atoms with van der Waals surface area (Å²) in [5.41, 5.74) is 25.5. The van der Waals surface area contributed by atoms with E-state index in [1.165, 1.54) is 115 Å². The molecule has 62 heavy (non-hydrogen) atoms. The first kappa shape index (κ1) is 36.2. The van der Waals surface area contributed by atoms with Crippen LogP contribution in [0.25, 0.3) is 55.6 Å². The molecule has 3 atom stereocenters. The van der Waals surface area contributed by atoms with E-state index in [1.54, 1.807) is 11.1 Å². The lowest BCUT2D eigenvalue weighted by atomic mass is 9.67. The Hall–Kier alpha value is -6.44. The highest BCUT2D eigenvalue weighted by Crippen LogP contribution is 2.66. The topological polar surface area (TPSA) is 3.24 Å². The first-order chi connectivity index (χ1) is 30.2. The molecule has 300 valence electrons. The maximum absolute atomic E-state index is 2.57. The van der Waals surface area contributed by atoms with Gasteiger partial charge in [0.05, 0.1) is 5.69 Å². The Morgan fingerprint density at radius 2 is 1.00 bits per heavy atom. The van der Waals surface area contributed by atoms with Crippen molar-refractivity contribution in [3.63, 3.8) is 0 Å². The van der Waals surface area contributed by atoms with Crippen LogP contribution in [0.1, 0.15) is 86.8 Å². The number of nitrogens with zero attached hydrogens (tertiary/aromatic N) is 1. The zero-order chi connectivity index (χ0) is 41.5. The van der Waals surface area contributed by atoms with E-state index in [9.17, 15) is 0 Å². The first-order valence-electron chi connectivity index (χ1n) is 23.0. The molecule has 0 N–H and O–H groups in total. The maximum atomic E-state index is 2.57. The smallest absolute Gasteiger partial charge is 0.0540 e. The zero-order valence-electron chi connectivity index (χ0n) is 36.2. The van der Waals surface area contributed by atoms with Crippen LogP contribution in [0.3, 0.4) is 0 Å². The van der Waals surface area contributed by atoms with Crippen LogP contribution in [0, 0.1) is 11.8 Å². The van der Waals surface area contributed by atoms with E-state index in [2.05, 4.69) is 209 Å². The Morgan fingerprint density at radius 3 is 1.77 bits per heavy atom. The lowest BCUT2D eigenvalue weighted by molar-refractivity contribution is 0.327. The van der Waals surface area contributed by atoms with Crippen LogP contribution in [-0.4, -0.2) is 0 Å². The van der Waals surface area contributed by atoms with Crippen molar-refractivity contribution in [2.24, 2.45) is 11.8 Å². The summed E-state index contributed by atoms with van der Waals surface area (Å²) in [4.78, 5) is 2.57. The van der Waals surface area contributed by atoms with E-state index in [0.29, 0.717) is 0 Å². The van der Waals surface area contributed by atoms with Crippen LogP contribution in [0.2, 0.25) is 0 Å². The summed E-state index contributed by atoms with van der Waals surface area (Å²) in [6, 6.07) is 67.4. The van der Waals surface area contributed by atoms with E-state index in [4.69, 9.17) is 0 Å². The van der Waals surface area contributed by atoms with Crippen molar-refractivity contribution in [1.82, 2.24) is 0 Å². The zero-order valence-corrected chi connectivity index (χ0v) is 36.2. The maximum Gasteiger partial charge on any atom is 0.0540 e. The van der Waals surface area contributed by atoms with Crippen molar-refractivity contribution < 1.29 is 0 Å². The fraction of sp³-hybridized carbons (Fsp3) is 0.213. The third kappa shape index (κ3) is 4.75. The van der Waals surface area contributed by atoms with Crippen molar-refractivity contribution in [2.45, 2.75) is 69.6 Å². The molecule has 5 aliphatic rings. The lowest BCUT2D eigenvalue weighted by Crippen LogP contribution is -2.31. The Morgan fingerprint density at radius 1 is 0.419 bits per heavy atom. The van der Waals surface area contributed by atoms with Gasteiger partial charge >= 0.3 is 0 Å². The number of hydrogen-bond donors (Lipinski definition) is 0. The molecule has 0 aliphatic heterocycles. The highest BCUT2D eigenvalue weighted by Gasteiger charge is 2.56. The molecule has 5 aliphatic carbocycles. The molecule has 0 saturated heterocycles. The predicted molar refractivity (Wildman–Crippen MR) is 259 cm³/mol. The molecule has 1 heteroatoms. The van der Waals surface area contributed by atoms with Crippen LogP contribution in [0.5, 0.6) is 0 Å². The van der Waals surface area contributed by atoms with Gasteiger partial charge in [-0.2, -0.15) is 0 Å². The quantitative estimate of drug-likeness (QED) is 0.168. The highest BCUT2D eigenvalue weighted by molar-refractivity contribution is 5.99. The number of hydrogen-bond acceptors (Lipinski definition) is 1. The van der Waals surface area contributed by atoms with Crippen molar-refractivity contribution >= 4 is 17.1 Å². The van der Waals surface area contributed by atoms with Crippen LogP contribution in [0.15, 0.2) is 176 Å². The minimum absolute atomic E-state index is 0.0860. The van der Waals surface area contributed by atoms with E-state index in [-0.39, 0.29) is 16.2 Å². The van der Waals surface area contributed by atoms with Gasteiger partial charge < -0.3 is 4.90 Å². The molecule has 8 aromatic carbocycles. The van der Waals surface area contributed by atoms with Gasteiger partial charge in [-0.25, -0.2) is 0 Å². The van der Waals surface area contributed by atoms with Crippen molar-refractivity contribution in [1.29, 1.82) is 0 Å². The fourth-order valence-corrected chi connectivity index (χ4v) is 13.7. The van der Waals surface area contributed by atoms with Gasteiger partial charge in [0.2, 0.25) is 0 Å². The van der Waals surface area contributed by atoms with Gasteiger partial charge in [0.1, 0.15) is 0 Å². The number of para-hydroxylation sites is 1. The van der Waals surface area contributed by atoms with Gasteiger partial charge in [-0.1, -0.05) is 180 Å². The third-order valence-electron chi connectivity index (χ3n) is 16.3. The van der Waals surface area contributed by atoms with Gasteiger partial charge in [-0.15, -0.1) is 0 Å². The first-order valence-corrected chi connectivity index (χ1v) is 23.0.